The van der Waals surface area contributed by atoms with Gasteiger partial charge in [-0.15, -0.1) is 0 Å². The Balaban J connectivity index is 1.10. The largest absolute Gasteiger partial charge is 0.458 e. The maximum Gasteiger partial charge on any atom is 0.190 e. The molecular formula is C54H35NO2SSi. The van der Waals surface area contributed by atoms with Crippen molar-refractivity contribution < 1.29 is 9.15 Å². The first-order chi connectivity index (χ1) is 29.3. The van der Waals surface area contributed by atoms with Crippen LogP contribution in [0.25, 0.3) is 44.2 Å². The summed E-state index contributed by atoms with van der Waals surface area (Å²) in [5.74, 6) is 1.88. The molecule has 0 aliphatic carbocycles. The van der Waals surface area contributed by atoms with Gasteiger partial charge in [-0.3, -0.25) is 0 Å². The van der Waals surface area contributed by atoms with Gasteiger partial charge in [0.15, 0.2) is 8.07 Å². The van der Waals surface area contributed by atoms with Crippen LogP contribution < -0.4 is 30.4 Å². The van der Waals surface area contributed by atoms with E-state index in [0.29, 0.717) is 0 Å². The number of nitrogens with zero attached hydrogens (tertiary/aromatic N) is 1. The summed E-state index contributed by atoms with van der Waals surface area (Å²) in [6.07, 6.45) is 0. The highest BCUT2D eigenvalue weighted by Gasteiger charge is 2.52. The molecule has 2 aliphatic heterocycles. The number of hydrogen-bond acceptors (Lipinski definition) is 4. The first-order valence-corrected chi connectivity index (χ1v) is 22.8. The first kappa shape index (κ1) is 34.0. The standard InChI is InChI=1S/C54H35NO2SSi/c1-2-14-36(15-3-1)37-28-30-38(31-29-37)39-32-34-40(35-33-39)55(42-17-12-22-47-53(42)41-16-4-5-19-44(41)56-47)43-18-13-27-52-54(43)58-48-23-8-11-26-51(48)59(52)49-24-9-6-20-45(49)57-46-21-7-10-25-50(46)59/h1-35H. The van der Waals surface area contributed by atoms with Crippen LogP contribution in [0.5, 0.6) is 11.5 Å². The zero-order valence-corrected chi connectivity index (χ0v) is 33.7. The monoisotopic (exact) mass is 789 g/mol. The summed E-state index contributed by atoms with van der Waals surface area (Å²) in [6, 6.07) is 76.8. The Morgan fingerprint density at radius 2 is 0.915 bits per heavy atom. The number of fused-ring (bicyclic) bond motifs is 11. The summed E-state index contributed by atoms with van der Waals surface area (Å²) in [4.78, 5) is 5.01. The van der Waals surface area contributed by atoms with Crippen molar-refractivity contribution in [2.24, 2.45) is 0 Å². The molecule has 10 aromatic rings. The lowest BCUT2D eigenvalue weighted by Gasteiger charge is -2.44. The van der Waals surface area contributed by atoms with Crippen LogP contribution in [0.4, 0.5) is 17.1 Å². The third-order valence-corrected chi connectivity index (χ3v) is 18.5. The molecule has 0 radical (unpaired) electrons. The molecule has 9 aromatic carbocycles. The summed E-state index contributed by atoms with van der Waals surface area (Å²) >= 11 is 1.88. The number of rotatable bonds is 5. The fraction of sp³-hybridized carbons (Fsp3) is 0. The van der Waals surface area contributed by atoms with E-state index in [1.165, 1.54) is 52.8 Å². The molecule has 59 heavy (non-hydrogen) atoms. The van der Waals surface area contributed by atoms with E-state index in [-0.39, 0.29) is 0 Å². The van der Waals surface area contributed by atoms with E-state index in [4.69, 9.17) is 9.15 Å². The smallest absolute Gasteiger partial charge is 0.190 e. The lowest BCUT2D eigenvalue weighted by atomic mass is 10.00. The van der Waals surface area contributed by atoms with Crippen LogP contribution >= 0.6 is 11.8 Å². The van der Waals surface area contributed by atoms with Crippen molar-refractivity contribution in [3.8, 4) is 33.8 Å². The number of anilines is 3. The van der Waals surface area contributed by atoms with Crippen LogP contribution in [-0.2, 0) is 0 Å². The van der Waals surface area contributed by atoms with Gasteiger partial charge in [0.25, 0.3) is 0 Å². The van der Waals surface area contributed by atoms with E-state index in [1.807, 2.05) is 17.8 Å². The summed E-state index contributed by atoms with van der Waals surface area (Å²) in [6.45, 7) is 0. The SMILES string of the molecule is c1ccc(-c2ccc(-c3ccc(N(c4cccc5c4Sc4ccccc4[Si]54c5ccccc5Oc5ccccc54)c4cccc5oc6ccccc6c45)cc3)cc2)cc1. The molecule has 0 saturated carbocycles. The summed E-state index contributed by atoms with van der Waals surface area (Å²) in [5.41, 5.74) is 9.80. The molecule has 1 spiro atoms. The van der Waals surface area contributed by atoms with Gasteiger partial charge in [-0.2, -0.15) is 0 Å². The molecule has 278 valence electrons. The number of furan rings is 1. The van der Waals surface area contributed by atoms with Crippen molar-refractivity contribution in [3.63, 3.8) is 0 Å². The molecule has 0 fully saturated rings. The van der Waals surface area contributed by atoms with E-state index in [0.717, 1.165) is 50.5 Å². The second kappa shape index (κ2) is 13.5. The van der Waals surface area contributed by atoms with Gasteiger partial charge in [0.2, 0.25) is 0 Å². The third-order valence-electron chi connectivity index (χ3n) is 12.0. The van der Waals surface area contributed by atoms with Crippen LogP contribution in [0, 0.1) is 0 Å². The molecule has 12 rings (SSSR count). The van der Waals surface area contributed by atoms with E-state index >= 15 is 0 Å². The molecule has 1 aromatic heterocycles. The van der Waals surface area contributed by atoms with Crippen LogP contribution in [-0.4, -0.2) is 8.07 Å². The minimum absolute atomic E-state index is 0.866. The Bertz CT molecular complexity index is 3170. The molecular weight excluding hydrogens is 755 g/mol. The van der Waals surface area contributed by atoms with Gasteiger partial charge in [-0.25, -0.2) is 0 Å². The van der Waals surface area contributed by atoms with Gasteiger partial charge < -0.3 is 14.1 Å². The van der Waals surface area contributed by atoms with Crippen molar-refractivity contribution in [2.75, 3.05) is 4.90 Å². The van der Waals surface area contributed by atoms with Crippen molar-refractivity contribution in [2.45, 2.75) is 9.79 Å². The van der Waals surface area contributed by atoms with E-state index < -0.39 is 8.07 Å². The lowest BCUT2D eigenvalue weighted by Crippen LogP contribution is -2.77. The molecule has 0 atom stereocenters. The summed E-state index contributed by atoms with van der Waals surface area (Å²) in [7, 11) is -2.89. The van der Waals surface area contributed by atoms with Gasteiger partial charge in [-0.05, 0) is 97.6 Å². The topological polar surface area (TPSA) is 25.6 Å². The van der Waals surface area contributed by atoms with Gasteiger partial charge in [0, 0.05) is 20.9 Å². The van der Waals surface area contributed by atoms with Crippen LogP contribution in [0.3, 0.4) is 0 Å². The molecule has 0 amide bonds. The second-order valence-corrected chi connectivity index (χ2v) is 19.9. The molecule has 0 N–H and O–H groups in total. The Morgan fingerprint density at radius 3 is 1.64 bits per heavy atom. The Morgan fingerprint density at radius 1 is 0.390 bits per heavy atom. The van der Waals surface area contributed by atoms with Gasteiger partial charge >= 0.3 is 0 Å². The number of benzene rings is 9. The lowest BCUT2D eigenvalue weighted by molar-refractivity contribution is 0.487. The van der Waals surface area contributed by atoms with E-state index in [2.05, 4.69) is 211 Å². The van der Waals surface area contributed by atoms with Crippen LogP contribution in [0.1, 0.15) is 0 Å². The van der Waals surface area contributed by atoms with E-state index in [1.54, 1.807) is 0 Å². The van der Waals surface area contributed by atoms with Crippen molar-refractivity contribution in [1.82, 2.24) is 0 Å². The molecule has 3 nitrogen and oxygen atoms in total. The minimum atomic E-state index is -2.89. The Labute approximate surface area is 347 Å². The maximum absolute atomic E-state index is 6.72. The third kappa shape index (κ3) is 5.22. The van der Waals surface area contributed by atoms with Gasteiger partial charge in [0.05, 0.1) is 16.8 Å². The van der Waals surface area contributed by atoms with Gasteiger partial charge in [-0.1, -0.05) is 169 Å². The van der Waals surface area contributed by atoms with Crippen molar-refractivity contribution in [1.29, 1.82) is 0 Å². The normalized spacial score (nSPS) is 13.3. The van der Waals surface area contributed by atoms with Gasteiger partial charge in [0.1, 0.15) is 22.7 Å². The predicted molar refractivity (Wildman–Crippen MR) is 247 cm³/mol. The van der Waals surface area contributed by atoms with Crippen molar-refractivity contribution >= 4 is 79.6 Å². The highest BCUT2D eigenvalue weighted by Crippen LogP contribution is 2.48. The highest BCUT2D eigenvalue weighted by molar-refractivity contribution is 8.00. The number of para-hydroxylation sites is 3. The molecule has 0 unspecified atom stereocenters. The molecule has 2 aliphatic rings. The zero-order valence-electron chi connectivity index (χ0n) is 31.9. The average molecular weight is 790 g/mol. The zero-order chi connectivity index (χ0) is 38.9. The highest BCUT2D eigenvalue weighted by atomic mass is 32.2. The van der Waals surface area contributed by atoms with Crippen LogP contribution in [0.15, 0.2) is 227 Å². The summed E-state index contributed by atoms with van der Waals surface area (Å²) < 4.78 is 13.2. The van der Waals surface area contributed by atoms with Crippen LogP contribution in [0.2, 0.25) is 0 Å². The molecule has 5 heteroatoms. The fourth-order valence-corrected chi connectivity index (χ4v) is 16.7. The quantitative estimate of drug-likeness (QED) is 0.162. The molecule has 3 heterocycles. The fourth-order valence-electron chi connectivity index (χ4n) is 9.44. The number of hydrogen-bond donors (Lipinski definition) is 0. The Kier molecular flexibility index (Phi) is 7.80. The Hall–Kier alpha value is -7.05. The summed E-state index contributed by atoms with van der Waals surface area (Å²) in [5, 5.41) is 7.51. The maximum atomic E-state index is 6.72. The molecule has 0 saturated heterocycles. The average Bonchev–Trinajstić information content (AvgIpc) is 3.69. The minimum Gasteiger partial charge on any atom is -0.458 e. The van der Waals surface area contributed by atoms with E-state index in [9.17, 15) is 0 Å². The molecule has 0 bridgehead atoms. The number of ether oxygens (including phenoxy) is 1. The predicted octanol–water partition coefficient (Wildman–Crippen LogP) is 12.3. The first-order valence-electron chi connectivity index (χ1n) is 20.0. The second-order valence-electron chi connectivity index (χ2n) is 15.2. The van der Waals surface area contributed by atoms with Crippen molar-refractivity contribution in [3.05, 3.63) is 212 Å².